The summed E-state index contributed by atoms with van der Waals surface area (Å²) in [5.41, 5.74) is 1.97. The monoisotopic (exact) mass is 296 g/mol. The summed E-state index contributed by atoms with van der Waals surface area (Å²) in [6, 6.07) is 20.0. The predicted octanol–water partition coefficient (Wildman–Crippen LogP) is 4.25. The molecule has 0 fully saturated rings. The van der Waals surface area contributed by atoms with E-state index in [1.165, 1.54) is 0 Å². The second-order valence-electron chi connectivity index (χ2n) is 4.81. The highest BCUT2D eigenvalue weighted by molar-refractivity contribution is 7.84. The fourth-order valence-electron chi connectivity index (χ4n) is 2.63. The van der Waals surface area contributed by atoms with Gasteiger partial charge < -0.3 is 4.74 Å². The van der Waals surface area contributed by atoms with Crippen LogP contribution in [0.3, 0.4) is 0 Å². The van der Waals surface area contributed by atoms with Crippen molar-refractivity contribution in [3.63, 3.8) is 0 Å². The van der Waals surface area contributed by atoms with Crippen LogP contribution in [-0.2, 0) is 10.8 Å². The average molecular weight is 296 g/mol. The summed E-state index contributed by atoms with van der Waals surface area (Å²) in [5, 5.41) is 2.30. The van der Waals surface area contributed by atoms with Crippen molar-refractivity contribution in [2.75, 3.05) is 13.4 Å². The van der Waals surface area contributed by atoms with E-state index in [9.17, 15) is 4.21 Å². The Morgan fingerprint density at radius 1 is 0.905 bits per heavy atom. The molecule has 0 aliphatic carbocycles. The van der Waals surface area contributed by atoms with E-state index in [1.807, 2.05) is 36.4 Å². The molecule has 0 aliphatic rings. The summed E-state index contributed by atoms with van der Waals surface area (Å²) in [4.78, 5) is 0.797. The minimum Gasteiger partial charge on any atom is -0.496 e. The predicted molar refractivity (Wildman–Crippen MR) is 88.3 cm³/mol. The summed E-state index contributed by atoms with van der Waals surface area (Å²) in [7, 11) is 0.569. The Bertz CT molecular complexity index is 819. The maximum absolute atomic E-state index is 12.1. The molecule has 0 saturated heterocycles. The highest BCUT2D eigenvalue weighted by atomic mass is 32.2. The van der Waals surface area contributed by atoms with Gasteiger partial charge in [0.15, 0.2) is 0 Å². The molecule has 0 heterocycles. The zero-order valence-corrected chi connectivity index (χ0v) is 12.8. The van der Waals surface area contributed by atoms with Crippen molar-refractivity contribution in [3.05, 3.63) is 60.7 Å². The van der Waals surface area contributed by atoms with Gasteiger partial charge in [-0.1, -0.05) is 48.5 Å². The van der Waals surface area contributed by atoms with Gasteiger partial charge in [-0.05, 0) is 28.5 Å². The average Bonchev–Trinajstić information content (AvgIpc) is 2.53. The lowest BCUT2D eigenvalue weighted by molar-refractivity contribution is 0.415. The molecule has 2 nitrogen and oxygen atoms in total. The molecule has 0 N–H and O–H groups in total. The van der Waals surface area contributed by atoms with E-state index in [4.69, 9.17) is 4.74 Å². The van der Waals surface area contributed by atoms with Crippen LogP contribution in [0.15, 0.2) is 65.6 Å². The summed E-state index contributed by atoms with van der Waals surface area (Å²) in [5.74, 6) is 0.749. The molecule has 0 amide bonds. The molecule has 3 aromatic rings. The normalized spacial score (nSPS) is 12.3. The molecule has 3 heteroatoms. The lowest BCUT2D eigenvalue weighted by atomic mass is 9.97. The first kappa shape index (κ1) is 13.8. The molecule has 0 bridgehead atoms. The standard InChI is InChI=1S/C18H16O2S/c1-20-16-11-6-12-17(21(2)19)18(16)15-10-5-8-13-7-3-4-9-14(13)15/h3-12H,1-2H3/t21-/m0/s1. The third kappa shape index (κ3) is 2.45. The lowest BCUT2D eigenvalue weighted by Gasteiger charge is -2.14. The fourth-order valence-corrected chi connectivity index (χ4v) is 3.40. The van der Waals surface area contributed by atoms with Crippen molar-refractivity contribution >= 4 is 21.6 Å². The van der Waals surface area contributed by atoms with Crippen LogP contribution >= 0.6 is 0 Å². The van der Waals surface area contributed by atoms with Crippen molar-refractivity contribution in [3.8, 4) is 16.9 Å². The van der Waals surface area contributed by atoms with Crippen molar-refractivity contribution in [2.24, 2.45) is 0 Å². The summed E-state index contributed by atoms with van der Waals surface area (Å²) < 4.78 is 17.6. The molecule has 21 heavy (non-hydrogen) atoms. The first-order valence-electron chi connectivity index (χ1n) is 6.71. The van der Waals surface area contributed by atoms with Gasteiger partial charge in [0.05, 0.1) is 22.8 Å². The molecular weight excluding hydrogens is 280 g/mol. The summed E-state index contributed by atoms with van der Waals surface area (Å²) >= 11 is 0. The molecule has 0 aliphatic heterocycles. The van der Waals surface area contributed by atoms with Gasteiger partial charge in [-0.25, -0.2) is 0 Å². The number of methoxy groups -OCH3 is 1. The van der Waals surface area contributed by atoms with Crippen molar-refractivity contribution in [1.29, 1.82) is 0 Å². The number of hydrogen-bond acceptors (Lipinski definition) is 2. The maximum Gasteiger partial charge on any atom is 0.127 e. The van der Waals surface area contributed by atoms with Crippen LogP contribution in [0.4, 0.5) is 0 Å². The molecule has 3 rings (SSSR count). The molecule has 0 spiro atoms. The summed E-state index contributed by atoms with van der Waals surface area (Å²) in [6.07, 6.45) is 1.70. The van der Waals surface area contributed by atoms with E-state index in [2.05, 4.69) is 24.3 Å². The molecule has 3 aromatic carbocycles. The third-order valence-corrected chi connectivity index (χ3v) is 4.54. The minimum absolute atomic E-state index is 0.749. The summed E-state index contributed by atoms with van der Waals surface area (Å²) in [6.45, 7) is 0. The SMILES string of the molecule is COc1cccc([S@](C)=O)c1-c1cccc2ccccc12. The Morgan fingerprint density at radius 2 is 1.62 bits per heavy atom. The van der Waals surface area contributed by atoms with Gasteiger partial charge in [0, 0.05) is 11.8 Å². The Balaban J connectivity index is 2.40. The molecule has 0 aromatic heterocycles. The van der Waals surface area contributed by atoms with E-state index in [0.29, 0.717) is 0 Å². The molecule has 106 valence electrons. The zero-order chi connectivity index (χ0) is 14.8. The van der Waals surface area contributed by atoms with E-state index in [1.54, 1.807) is 13.4 Å². The number of fused-ring (bicyclic) bond motifs is 1. The number of benzene rings is 3. The van der Waals surface area contributed by atoms with E-state index >= 15 is 0 Å². The Labute approximate surface area is 126 Å². The van der Waals surface area contributed by atoms with Gasteiger partial charge >= 0.3 is 0 Å². The second kappa shape index (κ2) is 5.70. The topological polar surface area (TPSA) is 26.3 Å². The molecular formula is C18H16O2S. The smallest absolute Gasteiger partial charge is 0.127 e. The second-order valence-corrected chi connectivity index (χ2v) is 6.16. The molecule has 1 atom stereocenters. The largest absolute Gasteiger partial charge is 0.496 e. The third-order valence-electron chi connectivity index (χ3n) is 3.58. The Morgan fingerprint density at radius 3 is 2.38 bits per heavy atom. The van der Waals surface area contributed by atoms with Crippen LogP contribution < -0.4 is 4.74 Å². The van der Waals surface area contributed by atoms with Gasteiger partial charge in [-0.3, -0.25) is 4.21 Å². The molecule has 0 radical (unpaired) electrons. The van der Waals surface area contributed by atoms with Crippen molar-refractivity contribution in [2.45, 2.75) is 4.90 Å². The van der Waals surface area contributed by atoms with E-state index in [-0.39, 0.29) is 0 Å². The van der Waals surface area contributed by atoms with Crippen LogP contribution in [0, 0.1) is 0 Å². The van der Waals surface area contributed by atoms with Gasteiger partial charge in [-0.15, -0.1) is 0 Å². The van der Waals surface area contributed by atoms with Crippen LogP contribution in [0.1, 0.15) is 0 Å². The highest BCUT2D eigenvalue weighted by Crippen LogP contribution is 2.38. The first-order chi connectivity index (χ1) is 10.2. The fraction of sp³-hybridized carbons (Fsp3) is 0.111. The van der Waals surface area contributed by atoms with Crippen LogP contribution in [0.25, 0.3) is 21.9 Å². The zero-order valence-electron chi connectivity index (χ0n) is 12.0. The van der Waals surface area contributed by atoms with E-state index < -0.39 is 10.8 Å². The lowest BCUT2D eigenvalue weighted by Crippen LogP contribution is -1.96. The Hall–Kier alpha value is -2.13. The minimum atomic E-state index is -1.08. The molecule has 0 unspecified atom stereocenters. The van der Waals surface area contributed by atoms with Gasteiger partial charge in [0.2, 0.25) is 0 Å². The highest BCUT2D eigenvalue weighted by Gasteiger charge is 2.15. The van der Waals surface area contributed by atoms with Crippen LogP contribution in [-0.4, -0.2) is 17.6 Å². The Kier molecular flexibility index (Phi) is 3.76. The van der Waals surface area contributed by atoms with Crippen molar-refractivity contribution in [1.82, 2.24) is 0 Å². The van der Waals surface area contributed by atoms with Gasteiger partial charge in [0.25, 0.3) is 0 Å². The van der Waals surface area contributed by atoms with Gasteiger partial charge in [0.1, 0.15) is 5.75 Å². The number of ether oxygens (including phenoxy) is 1. The van der Waals surface area contributed by atoms with Gasteiger partial charge in [-0.2, -0.15) is 0 Å². The number of hydrogen-bond donors (Lipinski definition) is 0. The van der Waals surface area contributed by atoms with Crippen LogP contribution in [0.2, 0.25) is 0 Å². The van der Waals surface area contributed by atoms with E-state index in [0.717, 1.165) is 32.5 Å². The quantitative estimate of drug-likeness (QED) is 0.722. The number of rotatable bonds is 3. The first-order valence-corrected chi connectivity index (χ1v) is 8.26. The molecule has 0 saturated carbocycles. The maximum atomic E-state index is 12.1. The van der Waals surface area contributed by atoms with Crippen molar-refractivity contribution < 1.29 is 8.95 Å². The van der Waals surface area contributed by atoms with Crippen LogP contribution in [0.5, 0.6) is 5.75 Å².